The largest absolute Gasteiger partial charge is 0.337 e. The van der Waals surface area contributed by atoms with Gasteiger partial charge in [-0.3, -0.25) is 4.90 Å². The number of anilines is 2. The molecule has 35 heavy (non-hydrogen) atoms. The zero-order valence-electron chi connectivity index (χ0n) is 19.4. The lowest BCUT2D eigenvalue weighted by Crippen LogP contribution is -2.36. The van der Waals surface area contributed by atoms with Gasteiger partial charge >= 0.3 is 6.03 Å². The number of sulfonamides is 1. The Morgan fingerprint density at radius 2 is 1.80 bits per heavy atom. The van der Waals surface area contributed by atoms with E-state index in [1.165, 1.54) is 11.9 Å². The van der Waals surface area contributed by atoms with Crippen LogP contribution in [0.2, 0.25) is 0 Å². The van der Waals surface area contributed by atoms with Crippen molar-refractivity contribution in [3.63, 3.8) is 0 Å². The third-order valence-electron chi connectivity index (χ3n) is 5.33. The van der Waals surface area contributed by atoms with E-state index in [0.29, 0.717) is 36.0 Å². The van der Waals surface area contributed by atoms with Gasteiger partial charge in [0.05, 0.1) is 12.0 Å². The van der Waals surface area contributed by atoms with Crippen LogP contribution in [0.3, 0.4) is 0 Å². The number of hydrogen-bond donors (Lipinski definition) is 2. The van der Waals surface area contributed by atoms with E-state index in [9.17, 15) is 13.2 Å². The highest BCUT2D eigenvalue weighted by Gasteiger charge is 2.25. The van der Waals surface area contributed by atoms with Crippen molar-refractivity contribution in [2.24, 2.45) is 0 Å². The van der Waals surface area contributed by atoms with Gasteiger partial charge in [0.25, 0.3) is 10.0 Å². The summed E-state index contributed by atoms with van der Waals surface area (Å²) in [6.07, 6.45) is 5.89. The second kappa shape index (κ2) is 10.8. The quantitative estimate of drug-likeness (QED) is 0.348. The molecule has 0 fully saturated rings. The van der Waals surface area contributed by atoms with Crippen molar-refractivity contribution in [2.75, 3.05) is 23.8 Å². The Morgan fingerprint density at radius 1 is 1.09 bits per heavy atom. The van der Waals surface area contributed by atoms with Crippen LogP contribution in [0.1, 0.15) is 12.1 Å². The molecule has 0 aliphatic rings. The second-order valence-electron chi connectivity index (χ2n) is 7.76. The number of nitrogens with zero attached hydrogens (tertiary/aromatic N) is 4. The number of nitrogens with one attached hydrogen (secondary N) is 2. The first-order valence-corrected chi connectivity index (χ1v) is 13.3. The molecule has 0 spiro atoms. The van der Waals surface area contributed by atoms with Crippen LogP contribution in [0, 0.1) is 6.92 Å². The number of amides is 2. The molecule has 182 valence electrons. The van der Waals surface area contributed by atoms with Crippen LogP contribution in [0.25, 0.3) is 11.1 Å². The van der Waals surface area contributed by atoms with Gasteiger partial charge in [0.2, 0.25) is 0 Å². The van der Waals surface area contributed by atoms with E-state index < -0.39 is 10.0 Å². The average molecular weight is 511 g/mol. The maximum Gasteiger partial charge on any atom is 0.328 e. The molecule has 4 rings (SSSR count). The molecule has 0 unspecified atom stereocenters. The molecule has 2 aromatic carbocycles. The monoisotopic (exact) mass is 510 g/mol. The summed E-state index contributed by atoms with van der Waals surface area (Å²) in [5.74, 6) is 0. The molecule has 2 amide bonds. The lowest BCUT2D eigenvalue weighted by Gasteiger charge is -2.20. The first kappa shape index (κ1) is 24.6. The Balaban J connectivity index is 1.54. The number of aromatic nitrogens is 3. The number of carbonyl (C=O) groups excluding carboxylic acids is 1. The van der Waals surface area contributed by atoms with Crippen molar-refractivity contribution in [1.29, 1.82) is 0 Å². The van der Waals surface area contributed by atoms with Crippen LogP contribution < -0.4 is 14.9 Å². The summed E-state index contributed by atoms with van der Waals surface area (Å²) in [6.45, 7) is 2.62. The molecule has 0 atom stereocenters. The molecule has 2 heterocycles. The van der Waals surface area contributed by atoms with Crippen molar-refractivity contribution in [3.8, 4) is 11.1 Å². The van der Waals surface area contributed by atoms with Gasteiger partial charge in [-0.25, -0.2) is 27.9 Å². The lowest BCUT2D eigenvalue weighted by atomic mass is 10.1. The first-order chi connectivity index (χ1) is 16.9. The third kappa shape index (κ3) is 5.94. The van der Waals surface area contributed by atoms with Crippen LogP contribution in [-0.4, -0.2) is 42.6 Å². The third-order valence-corrected chi connectivity index (χ3v) is 8.54. The average Bonchev–Trinajstić information content (AvgIpc) is 3.53. The normalized spacial score (nSPS) is 11.4. The number of benzene rings is 2. The zero-order chi connectivity index (χ0) is 24.8. The number of thiazole rings is 1. The molecule has 4 aromatic rings. The minimum Gasteiger partial charge on any atom is -0.337 e. The summed E-state index contributed by atoms with van der Waals surface area (Å²) in [5, 5.41) is 3.23. The molecule has 0 radical (unpaired) electrons. The van der Waals surface area contributed by atoms with Crippen molar-refractivity contribution in [1.82, 2.24) is 19.3 Å². The molecular weight excluding hydrogens is 484 g/mol. The van der Waals surface area contributed by atoms with Gasteiger partial charge in [-0.15, -0.1) is 0 Å². The Bertz CT molecular complexity index is 1370. The van der Waals surface area contributed by atoms with E-state index in [0.717, 1.165) is 22.5 Å². The highest BCUT2D eigenvalue weighted by Crippen LogP contribution is 2.30. The molecular formula is C24H26N6O3S2. The predicted octanol–water partition coefficient (Wildman–Crippen LogP) is 4.35. The van der Waals surface area contributed by atoms with Crippen LogP contribution in [0.4, 0.5) is 15.6 Å². The summed E-state index contributed by atoms with van der Waals surface area (Å²) < 4.78 is 29.1. The summed E-state index contributed by atoms with van der Waals surface area (Å²) in [4.78, 5) is 23.2. The fourth-order valence-electron chi connectivity index (χ4n) is 3.51. The summed E-state index contributed by atoms with van der Waals surface area (Å²) in [7, 11) is -2.33. The molecule has 0 bridgehead atoms. The fourth-order valence-corrected chi connectivity index (χ4v) is 5.87. The van der Waals surface area contributed by atoms with E-state index in [-0.39, 0.29) is 10.2 Å². The second-order valence-corrected chi connectivity index (χ2v) is 10.8. The maximum atomic E-state index is 13.3. The highest BCUT2D eigenvalue weighted by atomic mass is 32.2. The number of rotatable bonds is 9. The summed E-state index contributed by atoms with van der Waals surface area (Å²) in [5.41, 5.74) is 3.10. The van der Waals surface area contributed by atoms with Gasteiger partial charge in [0, 0.05) is 31.2 Å². The van der Waals surface area contributed by atoms with Crippen LogP contribution in [0.15, 0.2) is 77.5 Å². The molecule has 11 heteroatoms. The minimum atomic E-state index is -3.68. The van der Waals surface area contributed by atoms with Crippen LogP contribution >= 0.6 is 11.3 Å². The van der Waals surface area contributed by atoms with E-state index in [1.807, 2.05) is 65.4 Å². The van der Waals surface area contributed by atoms with E-state index in [2.05, 4.69) is 20.0 Å². The maximum absolute atomic E-state index is 13.3. The SMILES string of the molecule is CNS(=O)(=O)c1sc(N(CCCn2ccnc2)C(=O)Nc2ccc(-c3ccccc3)cc2)nc1C. The van der Waals surface area contributed by atoms with E-state index >= 15 is 0 Å². The number of aryl methyl sites for hydroxylation is 2. The van der Waals surface area contributed by atoms with Gasteiger partial charge < -0.3 is 9.88 Å². The van der Waals surface area contributed by atoms with Crippen molar-refractivity contribution in [3.05, 3.63) is 79.0 Å². The van der Waals surface area contributed by atoms with Crippen molar-refractivity contribution >= 4 is 38.2 Å². The molecule has 0 saturated heterocycles. The predicted molar refractivity (Wildman–Crippen MR) is 138 cm³/mol. The van der Waals surface area contributed by atoms with Crippen LogP contribution in [-0.2, 0) is 16.6 Å². The van der Waals surface area contributed by atoms with E-state index in [1.54, 1.807) is 19.4 Å². The van der Waals surface area contributed by atoms with Crippen molar-refractivity contribution < 1.29 is 13.2 Å². The smallest absolute Gasteiger partial charge is 0.328 e. The lowest BCUT2D eigenvalue weighted by molar-refractivity contribution is 0.256. The molecule has 2 aromatic heterocycles. The minimum absolute atomic E-state index is 0.0922. The number of hydrogen-bond acceptors (Lipinski definition) is 6. The molecule has 0 saturated carbocycles. The van der Waals surface area contributed by atoms with Gasteiger partial charge in [0.15, 0.2) is 9.34 Å². The molecule has 0 aliphatic heterocycles. The first-order valence-electron chi connectivity index (χ1n) is 11.0. The number of carbonyl (C=O) groups is 1. The zero-order valence-corrected chi connectivity index (χ0v) is 21.0. The fraction of sp³-hybridized carbons (Fsp3) is 0.208. The van der Waals surface area contributed by atoms with Gasteiger partial charge in [-0.05, 0) is 43.7 Å². The summed E-state index contributed by atoms with van der Waals surface area (Å²) in [6, 6.07) is 17.2. The molecule has 0 aliphatic carbocycles. The van der Waals surface area contributed by atoms with Crippen LogP contribution in [0.5, 0.6) is 0 Å². The number of urea groups is 1. The van der Waals surface area contributed by atoms with Gasteiger partial charge in [-0.2, -0.15) is 0 Å². The van der Waals surface area contributed by atoms with E-state index in [4.69, 9.17) is 0 Å². The molecule has 2 N–H and O–H groups in total. The van der Waals surface area contributed by atoms with Crippen molar-refractivity contribution in [2.45, 2.75) is 24.1 Å². The Hall–Kier alpha value is -3.54. The Kier molecular flexibility index (Phi) is 7.59. The Morgan fingerprint density at radius 3 is 2.46 bits per heavy atom. The topological polar surface area (TPSA) is 109 Å². The summed E-state index contributed by atoms with van der Waals surface area (Å²) >= 11 is 0.970. The van der Waals surface area contributed by atoms with Gasteiger partial charge in [0.1, 0.15) is 0 Å². The Labute approximate surface area is 208 Å². The molecule has 9 nitrogen and oxygen atoms in total. The van der Waals surface area contributed by atoms with Gasteiger partial charge in [-0.1, -0.05) is 53.8 Å². The highest BCUT2D eigenvalue weighted by molar-refractivity contribution is 7.91. The number of imidazole rings is 1. The standard InChI is InChI=1S/C24H26N6O3S2/c1-18-22(35(32,33)25-2)34-24(27-18)30(15-6-14-29-16-13-26-17-29)23(31)28-21-11-9-20(10-12-21)19-7-4-3-5-8-19/h3-5,7-13,16-17,25H,6,14-15H2,1-2H3,(H,28,31).